The summed E-state index contributed by atoms with van der Waals surface area (Å²) in [5.41, 5.74) is 0.284. The van der Waals surface area contributed by atoms with Crippen LogP contribution in [-0.4, -0.2) is 34.6 Å². The molecule has 0 radical (unpaired) electrons. The van der Waals surface area contributed by atoms with Crippen molar-refractivity contribution in [3.63, 3.8) is 0 Å². The quantitative estimate of drug-likeness (QED) is 0.704. The number of aromatic hydroxyl groups is 1. The molecule has 2 heterocycles. The van der Waals surface area contributed by atoms with E-state index in [0.29, 0.717) is 6.04 Å². The van der Waals surface area contributed by atoms with E-state index in [0.717, 1.165) is 19.4 Å². The van der Waals surface area contributed by atoms with Gasteiger partial charge in [-0.1, -0.05) is 0 Å². The first kappa shape index (κ1) is 11.9. The van der Waals surface area contributed by atoms with E-state index in [2.05, 4.69) is 22.5 Å². The number of hydrogen-bond donors (Lipinski definition) is 3. The van der Waals surface area contributed by atoms with Crippen molar-refractivity contribution in [3.05, 3.63) is 24.0 Å². The lowest BCUT2D eigenvalue weighted by Crippen LogP contribution is -2.46. The second-order valence-electron chi connectivity index (χ2n) is 4.44. The van der Waals surface area contributed by atoms with Crippen molar-refractivity contribution in [2.75, 3.05) is 6.54 Å². The maximum absolute atomic E-state index is 11.9. The molecule has 1 aromatic rings. The second kappa shape index (κ2) is 5.14. The fourth-order valence-corrected chi connectivity index (χ4v) is 2.10. The van der Waals surface area contributed by atoms with Crippen molar-refractivity contribution in [2.24, 2.45) is 0 Å². The largest absolute Gasteiger partial charge is 0.505 e. The van der Waals surface area contributed by atoms with E-state index in [1.165, 1.54) is 18.5 Å². The predicted octanol–water partition coefficient (Wildman–Crippen LogP) is 0.657. The molecule has 1 fully saturated rings. The first-order chi connectivity index (χ1) is 8.16. The highest BCUT2D eigenvalue weighted by atomic mass is 16.3. The minimum atomic E-state index is -0.232. The summed E-state index contributed by atoms with van der Waals surface area (Å²) < 4.78 is 0. The lowest BCUT2D eigenvalue weighted by atomic mass is 10.0. The van der Waals surface area contributed by atoms with E-state index in [1.807, 2.05) is 0 Å². The number of piperidine rings is 1. The number of amides is 1. The highest BCUT2D eigenvalue weighted by Gasteiger charge is 2.21. The van der Waals surface area contributed by atoms with Gasteiger partial charge in [0.1, 0.15) is 5.75 Å². The van der Waals surface area contributed by atoms with Gasteiger partial charge in [-0.05, 0) is 32.4 Å². The Bertz CT molecular complexity index is 408. The lowest BCUT2D eigenvalue weighted by molar-refractivity contribution is 0.0923. The van der Waals surface area contributed by atoms with E-state index >= 15 is 0 Å². The van der Waals surface area contributed by atoms with Crippen LogP contribution < -0.4 is 10.6 Å². The van der Waals surface area contributed by atoms with Gasteiger partial charge in [-0.25, -0.2) is 0 Å². The summed E-state index contributed by atoms with van der Waals surface area (Å²) in [4.78, 5) is 15.7. The number of pyridine rings is 1. The molecule has 92 valence electrons. The van der Waals surface area contributed by atoms with Crippen LogP contribution >= 0.6 is 0 Å². The van der Waals surface area contributed by atoms with Crippen molar-refractivity contribution in [1.29, 1.82) is 0 Å². The van der Waals surface area contributed by atoms with Crippen molar-refractivity contribution >= 4 is 5.91 Å². The molecule has 2 atom stereocenters. The third kappa shape index (κ3) is 2.94. The average molecular weight is 235 g/mol. The van der Waals surface area contributed by atoms with Gasteiger partial charge in [-0.2, -0.15) is 0 Å². The summed E-state index contributed by atoms with van der Waals surface area (Å²) >= 11 is 0. The Hall–Kier alpha value is -1.62. The van der Waals surface area contributed by atoms with Crippen LogP contribution in [0.25, 0.3) is 0 Å². The molecule has 2 rings (SSSR count). The number of aromatic nitrogens is 1. The standard InChI is InChI=1S/C12H17N3O2/c1-8-6-9(2-5-14-8)15-12(17)10-3-4-13-7-11(10)16/h3-4,7-9,14,16H,2,5-6H2,1H3,(H,15,17). The van der Waals surface area contributed by atoms with Crippen LogP contribution in [0.3, 0.4) is 0 Å². The van der Waals surface area contributed by atoms with Gasteiger partial charge in [0.15, 0.2) is 0 Å². The highest BCUT2D eigenvalue weighted by molar-refractivity contribution is 5.96. The SMILES string of the molecule is CC1CC(NC(=O)c2ccncc2O)CCN1. The maximum Gasteiger partial charge on any atom is 0.255 e. The highest BCUT2D eigenvalue weighted by Crippen LogP contribution is 2.15. The van der Waals surface area contributed by atoms with Crippen molar-refractivity contribution in [3.8, 4) is 5.75 Å². The molecule has 0 bridgehead atoms. The summed E-state index contributed by atoms with van der Waals surface area (Å²) in [6.45, 7) is 3.01. The van der Waals surface area contributed by atoms with Gasteiger partial charge in [0, 0.05) is 18.3 Å². The second-order valence-corrected chi connectivity index (χ2v) is 4.44. The molecule has 5 nitrogen and oxygen atoms in total. The Morgan fingerprint density at radius 2 is 2.47 bits per heavy atom. The van der Waals surface area contributed by atoms with Gasteiger partial charge in [0.05, 0.1) is 11.8 Å². The van der Waals surface area contributed by atoms with E-state index in [9.17, 15) is 9.90 Å². The Morgan fingerprint density at radius 3 is 3.18 bits per heavy atom. The summed E-state index contributed by atoms with van der Waals surface area (Å²) in [7, 11) is 0. The molecule has 0 aromatic carbocycles. The third-order valence-corrected chi connectivity index (χ3v) is 3.00. The molecule has 0 aliphatic carbocycles. The maximum atomic E-state index is 11.9. The fraction of sp³-hybridized carbons (Fsp3) is 0.500. The zero-order chi connectivity index (χ0) is 12.3. The molecule has 1 aliphatic heterocycles. The van der Waals surface area contributed by atoms with Gasteiger partial charge < -0.3 is 15.7 Å². The smallest absolute Gasteiger partial charge is 0.255 e. The minimum absolute atomic E-state index is 0.0769. The van der Waals surface area contributed by atoms with Crippen LogP contribution in [0.4, 0.5) is 0 Å². The Morgan fingerprint density at radius 1 is 1.65 bits per heavy atom. The van der Waals surface area contributed by atoms with Crippen molar-refractivity contribution in [1.82, 2.24) is 15.6 Å². The number of nitrogens with zero attached hydrogens (tertiary/aromatic N) is 1. The number of rotatable bonds is 2. The van der Waals surface area contributed by atoms with Gasteiger partial charge in [0.2, 0.25) is 0 Å². The fourth-order valence-electron chi connectivity index (χ4n) is 2.10. The van der Waals surface area contributed by atoms with Crippen LogP contribution in [0.15, 0.2) is 18.5 Å². The van der Waals surface area contributed by atoms with Gasteiger partial charge in [-0.15, -0.1) is 0 Å². The van der Waals surface area contributed by atoms with Gasteiger partial charge >= 0.3 is 0 Å². The van der Waals surface area contributed by atoms with E-state index < -0.39 is 0 Å². The van der Waals surface area contributed by atoms with Crippen LogP contribution in [0.2, 0.25) is 0 Å². The van der Waals surface area contributed by atoms with Crippen LogP contribution in [0.1, 0.15) is 30.1 Å². The molecule has 0 saturated carbocycles. The van der Waals surface area contributed by atoms with E-state index in [1.54, 1.807) is 0 Å². The normalized spacial score (nSPS) is 24.3. The minimum Gasteiger partial charge on any atom is -0.505 e. The molecule has 1 saturated heterocycles. The molecular formula is C12H17N3O2. The first-order valence-corrected chi connectivity index (χ1v) is 5.84. The van der Waals surface area contributed by atoms with Crippen LogP contribution in [0.5, 0.6) is 5.75 Å². The summed E-state index contributed by atoms with van der Waals surface area (Å²) in [6.07, 6.45) is 4.61. The Balaban J connectivity index is 1.99. The zero-order valence-corrected chi connectivity index (χ0v) is 9.81. The van der Waals surface area contributed by atoms with Crippen molar-refractivity contribution in [2.45, 2.75) is 31.8 Å². The zero-order valence-electron chi connectivity index (χ0n) is 9.81. The molecule has 3 N–H and O–H groups in total. The molecule has 2 unspecified atom stereocenters. The molecule has 17 heavy (non-hydrogen) atoms. The van der Waals surface area contributed by atoms with Gasteiger partial charge in [0.25, 0.3) is 5.91 Å². The summed E-state index contributed by atoms with van der Waals surface area (Å²) in [5, 5.41) is 15.8. The predicted molar refractivity (Wildman–Crippen MR) is 63.9 cm³/mol. The molecule has 0 spiro atoms. The Kier molecular flexibility index (Phi) is 3.58. The topological polar surface area (TPSA) is 74.2 Å². The molecule has 1 aliphatic rings. The van der Waals surface area contributed by atoms with E-state index in [4.69, 9.17) is 0 Å². The lowest BCUT2D eigenvalue weighted by Gasteiger charge is -2.28. The summed E-state index contributed by atoms with van der Waals surface area (Å²) in [5.74, 6) is -0.309. The summed E-state index contributed by atoms with van der Waals surface area (Å²) in [6, 6.07) is 2.11. The number of nitrogens with one attached hydrogen (secondary N) is 2. The molecule has 5 heteroatoms. The van der Waals surface area contributed by atoms with Crippen molar-refractivity contribution < 1.29 is 9.90 Å². The monoisotopic (exact) mass is 235 g/mol. The number of carbonyl (C=O) groups is 1. The molecule has 1 aromatic heterocycles. The van der Waals surface area contributed by atoms with E-state index in [-0.39, 0.29) is 23.3 Å². The van der Waals surface area contributed by atoms with Crippen LogP contribution in [0, 0.1) is 0 Å². The first-order valence-electron chi connectivity index (χ1n) is 5.84. The Labute approximate surface area is 100 Å². The molecular weight excluding hydrogens is 218 g/mol. The van der Waals surface area contributed by atoms with Gasteiger partial charge in [-0.3, -0.25) is 9.78 Å². The third-order valence-electron chi connectivity index (χ3n) is 3.00. The number of hydrogen-bond acceptors (Lipinski definition) is 4. The molecule has 1 amide bonds. The number of carbonyl (C=O) groups excluding carboxylic acids is 1. The van der Waals surface area contributed by atoms with Crippen LogP contribution in [-0.2, 0) is 0 Å². The average Bonchev–Trinajstić information content (AvgIpc) is 2.29.